The Morgan fingerprint density at radius 3 is 2.43 bits per heavy atom. The van der Waals surface area contributed by atoms with E-state index in [1.807, 2.05) is 30.8 Å². The SMILES string of the molecule is CC(C)N(C)c1nc2ccc(NC(=O)CCc3ccc(C(F)(F)F)cc3)cc2n1C. The number of hydrogen-bond donors (Lipinski definition) is 1. The molecule has 0 aliphatic rings. The lowest BCUT2D eigenvalue weighted by Crippen LogP contribution is -2.28. The fourth-order valence-corrected chi connectivity index (χ4v) is 3.14. The van der Waals surface area contributed by atoms with Crippen LogP contribution in [0, 0.1) is 0 Å². The molecule has 0 radical (unpaired) electrons. The molecule has 0 bridgehead atoms. The van der Waals surface area contributed by atoms with Crippen LogP contribution in [0.5, 0.6) is 0 Å². The number of nitrogens with one attached hydrogen (secondary N) is 1. The number of nitrogens with zero attached hydrogens (tertiary/aromatic N) is 3. The first kappa shape index (κ1) is 21.7. The fraction of sp³-hybridized carbons (Fsp3) is 0.364. The number of hydrogen-bond acceptors (Lipinski definition) is 3. The number of carbonyl (C=O) groups is 1. The predicted octanol–water partition coefficient (Wildman–Crippen LogP) is 5.01. The average molecular weight is 418 g/mol. The third kappa shape index (κ3) is 4.75. The number of halogens is 3. The summed E-state index contributed by atoms with van der Waals surface area (Å²) in [4.78, 5) is 19.0. The Kier molecular flexibility index (Phi) is 6.05. The van der Waals surface area contributed by atoms with E-state index in [0.717, 1.165) is 29.1 Å². The van der Waals surface area contributed by atoms with Crippen LogP contribution in [0.15, 0.2) is 42.5 Å². The van der Waals surface area contributed by atoms with Crippen molar-refractivity contribution in [3.8, 4) is 0 Å². The summed E-state index contributed by atoms with van der Waals surface area (Å²) in [5, 5.41) is 2.85. The topological polar surface area (TPSA) is 50.2 Å². The van der Waals surface area contributed by atoms with Gasteiger partial charge in [0.15, 0.2) is 0 Å². The second-order valence-electron chi connectivity index (χ2n) is 7.62. The fourth-order valence-electron chi connectivity index (χ4n) is 3.14. The number of alkyl halides is 3. The number of fused-ring (bicyclic) bond motifs is 1. The number of aryl methyl sites for hydroxylation is 2. The van der Waals surface area contributed by atoms with Gasteiger partial charge in [0, 0.05) is 32.2 Å². The summed E-state index contributed by atoms with van der Waals surface area (Å²) in [5.74, 6) is 0.640. The second kappa shape index (κ2) is 8.38. The van der Waals surface area contributed by atoms with E-state index in [0.29, 0.717) is 23.7 Å². The molecule has 0 aliphatic heterocycles. The third-order valence-electron chi connectivity index (χ3n) is 5.15. The maximum Gasteiger partial charge on any atom is 0.416 e. The van der Waals surface area contributed by atoms with Gasteiger partial charge in [0.25, 0.3) is 0 Å². The van der Waals surface area contributed by atoms with Crippen LogP contribution in [0.1, 0.15) is 31.4 Å². The molecule has 3 aromatic rings. The highest BCUT2D eigenvalue weighted by Gasteiger charge is 2.29. The van der Waals surface area contributed by atoms with Crippen LogP contribution in [-0.2, 0) is 24.4 Å². The lowest BCUT2D eigenvalue weighted by atomic mass is 10.1. The zero-order valence-corrected chi connectivity index (χ0v) is 17.4. The summed E-state index contributed by atoms with van der Waals surface area (Å²) >= 11 is 0. The highest BCUT2D eigenvalue weighted by molar-refractivity contribution is 5.93. The minimum absolute atomic E-state index is 0.177. The van der Waals surface area contributed by atoms with Crippen molar-refractivity contribution in [2.75, 3.05) is 17.3 Å². The van der Waals surface area contributed by atoms with Crippen molar-refractivity contribution in [3.63, 3.8) is 0 Å². The van der Waals surface area contributed by atoms with Crippen LogP contribution >= 0.6 is 0 Å². The molecule has 1 heterocycles. The van der Waals surface area contributed by atoms with E-state index in [9.17, 15) is 18.0 Å². The van der Waals surface area contributed by atoms with E-state index < -0.39 is 11.7 Å². The zero-order chi connectivity index (χ0) is 22.1. The molecular weight excluding hydrogens is 393 g/mol. The maximum absolute atomic E-state index is 12.6. The van der Waals surface area contributed by atoms with Crippen molar-refractivity contribution in [2.45, 2.75) is 38.9 Å². The molecule has 30 heavy (non-hydrogen) atoms. The highest BCUT2D eigenvalue weighted by Crippen LogP contribution is 2.29. The Morgan fingerprint density at radius 1 is 1.17 bits per heavy atom. The van der Waals surface area contributed by atoms with Gasteiger partial charge in [-0.2, -0.15) is 13.2 Å². The Labute approximate surface area is 173 Å². The van der Waals surface area contributed by atoms with Crippen molar-refractivity contribution in [3.05, 3.63) is 53.6 Å². The van der Waals surface area contributed by atoms with E-state index in [-0.39, 0.29) is 12.3 Å². The molecule has 1 amide bonds. The summed E-state index contributed by atoms with van der Waals surface area (Å²) in [7, 11) is 3.91. The molecule has 0 atom stereocenters. The van der Waals surface area contributed by atoms with Gasteiger partial charge in [-0.1, -0.05) is 12.1 Å². The minimum atomic E-state index is -4.36. The quantitative estimate of drug-likeness (QED) is 0.612. The molecule has 8 heteroatoms. The van der Waals surface area contributed by atoms with Gasteiger partial charge in [-0.15, -0.1) is 0 Å². The Hall–Kier alpha value is -3.03. The molecule has 0 fully saturated rings. The molecule has 0 saturated carbocycles. The standard InChI is InChI=1S/C22H25F3N4O/c1-14(2)28(3)21-27-18-11-10-17(13-19(18)29(21)4)26-20(30)12-7-15-5-8-16(9-6-15)22(23,24)25/h5-6,8-11,13-14H,7,12H2,1-4H3,(H,26,30). The number of imidazole rings is 1. The van der Waals surface area contributed by atoms with Crippen LogP contribution < -0.4 is 10.2 Å². The Balaban J connectivity index is 1.65. The van der Waals surface area contributed by atoms with E-state index >= 15 is 0 Å². The summed E-state index contributed by atoms with van der Waals surface area (Å²) in [6.07, 6.45) is -3.82. The maximum atomic E-state index is 12.6. The van der Waals surface area contributed by atoms with Crippen molar-refractivity contribution < 1.29 is 18.0 Å². The van der Waals surface area contributed by atoms with Gasteiger partial charge in [0.1, 0.15) is 0 Å². The first-order valence-corrected chi connectivity index (χ1v) is 9.71. The molecule has 0 unspecified atom stereocenters. The van der Waals surface area contributed by atoms with Crippen molar-refractivity contribution >= 4 is 28.6 Å². The van der Waals surface area contributed by atoms with Crippen molar-refractivity contribution in [1.82, 2.24) is 9.55 Å². The lowest BCUT2D eigenvalue weighted by Gasteiger charge is -2.22. The Morgan fingerprint density at radius 2 is 1.83 bits per heavy atom. The van der Waals surface area contributed by atoms with Gasteiger partial charge in [0.05, 0.1) is 16.6 Å². The van der Waals surface area contributed by atoms with Gasteiger partial charge in [-0.25, -0.2) is 4.98 Å². The summed E-state index contributed by atoms with van der Waals surface area (Å²) in [5.41, 5.74) is 2.38. The molecule has 0 saturated heterocycles. The normalized spacial score (nSPS) is 11.9. The van der Waals surface area contributed by atoms with Gasteiger partial charge < -0.3 is 14.8 Å². The largest absolute Gasteiger partial charge is 0.416 e. The number of benzene rings is 2. The van der Waals surface area contributed by atoms with Gasteiger partial charge >= 0.3 is 6.18 Å². The van der Waals surface area contributed by atoms with E-state index in [1.165, 1.54) is 12.1 Å². The molecule has 2 aromatic carbocycles. The van der Waals surface area contributed by atoms with E-state index in [1.54, 1.807) is 6.07 Å². The molecule has 3 rings (SSSR count). The smallest absolute Gasteiger partial charge is 0.343 e. The first-order valence-electron chi connectivity index (χ1n) is 9.71. The predicted molar refractivity (Wildman–Crippen MR) is 113 cm³/mol. The number of rotatable bonds is 6. The molecule has 5 nitrogen and oxygen atoms in total. The van der Waals surface area contributed by atoms with Gasteiger partial charge in [0.2, 0.25) is 11.9 Å². The summed E-state index contributed by atoms with van der Waals surface area (Å²) in [6.45, 7) is 4.17. The zero-order valence-electron chi connectivity index (χ0n) is 17.4. The molecule has 0 spiro atoms. The summed E-state index contributed by atoms with van der Waals surface area (Å²) < 4.78 is 39.9. The van der Waals surface area contributed by atoms with E-state index in [4.69, 9.17) is 0 Å². The number of anilines is 2. The lowest BCUT2D eigenvalue weighted by molar-refractivity contribution is -0.137. The van der Waals surface area contributed by atoms with Crippen molar-refractivity contribution in [1.29, 1.82) is 0 Å². The van der Waals surface area contributed by atoms with Crippen LogP contribution in [0.3, 0.4) is 0 Å². The molecule has 160 valence electrons. The molecular formula is C22H25F3N4O. The molecule has 1 N–H and O–H groups in total. The van der Waals surface area contributed by atoms with Gasteiger partial charge in [-0.3, -0.25) is 4.79 Å². The van der Waals surface area contributed by atoms with Crippen molar-refractivity contribution in [2.24, 2.45) is 7.05 Å². The highest BCUT2D eigenvalue weighted by atomic mass is 19.4. The third-order valence-corrected chi connectivity index (χ3v) is 5.15. The monoisotopic (exact) mass is 418 g/mol. The molecule has 1 aromatic heterocycles. The number of amides is 1. The van der Waals surface area contributed by atoms with E-state index in [2.05, 4.69) is 29.0 Å². The van der Waals surface area contributed by atoms with Gasteiger partial charge in [-0.05, 0) is 56.2 Å². The van der Waals surface area contributed by atoms with Crippen LogP contribution in [-0.4, -0.2) is 28.5 Å². The average Bonchev–Trinajstić information content (AvgIpc) is 3.01. The summed E-state index contributed by atoms with van der Waals surface area (Å²) in [6, 6.07) is 10.7. The number of aromatic nitrogens is 2. The van der Waals surface area contributed by atoms with Crippen LogP contribution in [0.4, 0.5) is 24.8 Å². The Bertz CT molecular complexity index is 1040. The van der Waals surface area contributed by atoms with Crippen LogP contribution in [0.25, 0.3) is 11.0 Å². The molecule has 0 aliphatic carbocycles. The first-order chi connectivity index (χ1) is 14.1. The number of carbonyl (C=O) groups excluding carboxylic acids is 1. The van der Waals surface area contributed by atoms with Crippen LogP contribution in [0.2, 0.25) is 0 Å². The second-order valence-corrected chi connectivity index (χ2v) is 7.62. The minimum Gasteiger partial charge on any atom is -0.343 e.